The van der Waals surface area contributed by atoms with Crippen LogP contribution in [0.4, 0.5) is 0 Å². The Morgan fingerprint density at radius 3 is 2.54 bits per heavy atom. The van der Waals surface area contributed by atoms with E-state index in [4.69, 9.17) is 0 Å². The molecule has 3 fully saturated rings. The fraction of sp³-hybridized carbons (Fsp3) is 0.808. The van der Waals surface area contributed by atoms with E-state index in [1.165, 1.54) is 64.2 Å². The molecule has 0 aromatic rings. The van der Waals surface area contributed by atoms with Crippen molar-refractivity contribution in [3.8, 4) is 0 Å². The zero-order valence-electron chi connectivity index (χ0n) is 18.5. The van der Waals surface area contributed by atoms with Gasteiger partial charge in [0.25, 0.3) is 0 Å². The van der Waals surface area contributed by atoms with Gasteiger partial charge < -0.3 is 5.32 Å². The molecule has 0 heterocycles. The molecule has 3 saturated carbocycles. The fourth-order valence-corrected chi connectivity index (χ4v) is 7.48. The highest BCUT2D eigenvalue weighted by atomic mass is 16.2. The van der Waals surface area contributed by atoms with Crippen molar-refractivity contribution in [1.29, 1.82) is 0 Å². The maximum atomic E-state index is 13.6. The molecule has 0 aliphatic heterocycles. The van der Waals surface area contributed by atoms with Gasteiger partial charge in [-0.15, -0.1) is 6.58 Å². The molecule has 4 aliphatic carbocycles. The molecule has 5 atom stereocenters. The van der Waals surface area contributed by atoms with Gasteiger partial charge in [-0.1, -0.05) is 64.2 Å². The van der Waals surface area contributed by atoms with Crippen LogP contribution >= 0.6 is 0 Å². The molecule has 0 aromatic carbocycles. The van der Waals surface area contributed by atoms with Gasteiger partial charge in [-0.25, -0.2) is 0 Å². The first kappa shape index (κ1) is 20.2. The van der Waals surface area contributed by atoms with Crippen LogP contribution in [0.15, 0.2) is 24.3 Å². The Kier molecular flexibility index (Phi) is 5.30. The van der Waals surface area contributed by atoms with E-state index in [2.05, 4.69) is 44.8 Å². The Morgan fingerprint density at radius 1 is 1.07 bits per heavy atom. The van der Waals surface area contributed by atoms with E-state index in [1.807, 2.05) is 0 Å². The monoisotopic (exact) mass is 383 g/mol. The summed E-state index contributed by atoms with van der Waals surface area (Å²) < 4.78 is 0. The van der Waals surface area contributed by atoms with Gasteiger partial charge in [-0.3, -0.25) is 4.79 Å². The molecule has 0 aromatic heterocycles. The lowest BCUT2D eigenvalue weighted by Crippen LogP contribution is -2.56. The molecular weight excluding hydrogens is 342 g/mol. The summed E-state index contributed by atoms with van der Waals surface area (Å²) in [6, 6.07) is 0.421. The van der Waals surface area contributed by atoms with Crippen molar-refractivity contribution in [2.24, 2.45) is 28.1 Å². The van der Waals surface area contributed by atoms with Crippen molar-refractivity contribution in [3.05, 3.63) is 24.3 Å². The minimum Gasteiger partial charge on any atom is -0.353 e. The number of carbonyl (C=O) groups excluding carboxylic acids is 1. The van der Waals surface area contributed by atoms with Crippen LogP contribution in [0, 0.1) is 28.1 Å². The lowest BCUT2D eigenvalue weighted by Gasteiger charge is -2.58. The van der Waals surface area contributed by atoms with Crippen LogP contribution in [-0.4, -0.2) is 11.9 Å². The zero-order chi connectivity index (χ0) is 20.0. The molecule has 28 heavy (non-hydrogen) atoms. The van der Waals surface area contributed by atoms with E-state index in [0.29, 0.717) is 23.8 Å². The number of amides is 1. The molecule has 1 N–H and O–H groups in total. The van der Waals surface area contributed by atoms with Crippen molar-refractivity contribution in [2.45, 2.75) is 104 Å². The van der Waals surface area contributed by atoms with Gasteiger partial charge in [0.1, 0.15) is 0 Å². The highest BCUT2D eigenvalue weighted by molar-refractivity contribution is 5.83. The number of carbonyl (C=O) groups is 1. The van der Waals surface area contributed by atoms with Crippen LogP contribution in [0.3, 0.4) is 0 Å². The van der Waals surface area contributed by atoms with E-state index in [9.17, 15) is 4.79 Å². The Balaban J connectivity index is 1.58. The Labute approximate surface area is 172 Å². The summed E-state index contributed by atoms with van der Waals surface area (Å²) in [5.41, 5.74) is 1.96. The second-order valence-electron chi connectivity index (χ2n) is 11.2. The van der Waals surface area contributed by atoms with Crippen LogP contribution in [0.2, 0.25) is 0 Å². The molecule has 2 heteroatoms. The van der Waals surface area contributed by atoms with Crippen LogP contribution in [-0.2, 0) is 4.79 Å². The standard InChI is InChI=1S/C26H41NO/c1-5-24(2)17-14-21-19(18-24)12-13-22-25(21,3)15-9-16-26(22,4)23(28)27-20-10-7-6-8-11-20/h5,14,19-20,22H,1,6-13,15-18H2,2-4H3,(H,27,28)/t19?,22?,24?,25-,26?/m1/s1. The lowest BCUT2D eigenvalue weighted by molar-refractivity contribution is -0.143. The molecule has 0 saturated heterocycles. The van der Waals surface area contributed by atoms with Crippen LogP contribution in [0.25, 0.3) is 0 Å². The molecule has 0 spiro atoms. The van der Waals surface area contributed by atoms with E-state index in [-0.39, 0.29) is 16.2 Å². The van der Waals surface area contributed by atoms with Crippen LogP contribution < -0.4 is 5.32 Å². The Bertz CT molecular complexity index is 659. The van der Waals surface area contributed by atoms with Gasteiger partial charge in [-0.05, 0) is 74.0 Å². The Hall–Kier alpha value is -1.05. The maximum absolute atomic E-state index is 13.6. The summed E-state index contributed by atoms with van der Waals surface area (Å²) in [4.78, 5) is 13.6. The predicted molar refractivity (Wildman–Crippen MR) is 117 cm³/mol. The Morgan fingerprint density at radius 2 is 1.82 bits per heavy atom. The van der Waals surface area contributed by atoms with E-state index in [0.717, 1.165) is 12.8 Å². The minimum atomic E-state index is -0.199. The number of hydrogen-bond donors (Lipinski definition) is 1. The van der Waals surface area contributed by atoms with E-state index < -0.39 is 0 Å². The average molecular weight is 384 g/mol. The number of rotatable bonds is 3. The molecule has 0 bridgehead atoms. The SMILES string of the molecule is C=CC1(C)CC=C2C(CCC3C(C)(C(=O)NC4CCCCC4)CCC[C@]23C)C1. The number of fused-ring (bicyclic) bond motifs is 3. The van der Waals surface area contributed by atoms with Gasteiger partial charge in [0, 0.05) is 6.04 Å². The third-order valence-corrected chi connectivity index (χ3v) is 9.29. The first-order valence-corrected chi connectivity index (χ1v) is 12.0. The molecule has 156 valence electrons. The third-order valence-electron chi connectivity index (χ3n) is 9.29. The number of hydrogen-bond acceptors (Lipinski definition) is 1. The molecule has 4 aliphatic rings. The highest BCUT2D eigenvalue weighted by Crippen LogP contribution is 2.63. The molecule has 1 amide bonds. The lowest BCUT2D eigenvalue weighted by atomic mass is 9.46. The van der Waals surface area contributed by atoms with Crippen molar-refractivity contribution in [2.75, 3.05) is 0 Å². The van der Waals surface area contributed by atoms with Crippen molar-refractivity contribution >= 4 is 5.91 Å². The maximum Gasteiger partial charge on any atom is 0.226 e. The predicted octanol–water partition coefficient (Wildman–Crippen LogP) is 6.57. The minimum absolute atomic E-state index is 0.199. The molecule has 2 nitrogen and oxygen atoms in total. The normalized spacial score (nSPS) is 44.0. The van der Waals surface area contributed by atoms with Gasteiger partial charge >= 0.3 is 0 Å². The average Bonchev–Trinajstić information content (AvgIpc) is 2.68. The first-order valence-electron chi connectivity index (χ1n) is 12.0. The van der Waals surface area contributed by atoms with Gasteiger partial charge in [0.2, 0.25) is 5.91 Å². The summed E-state index contributed by atoms with van der Waals surface area (Å²) in [7, 11) is 0. The summed E-state index contributed by atoms with van der Waals surface area (Å²) >= 11 is 0. The van der Waals surface area contributed by atoms with Crippen LogP contribution in [0.1, 0.15) is 97.8 Å². The number of allylic oxidation sites excluding steroid dienone is 3. The topological polar surface area (TPSA) is 29.1 Å². The quantitative estimate of drug-likeness (QED) is 0.549. The summed E-state index contributed by atoms with van der Waals surface area (Å²) in [5.74, 6) is 1.55. The zero-order valence-corrected chi connectivity index (χ0v) is 18.5. The van der Waals surface area contributed by atoms with Crippen molar-refractivity contribution in [3.63, 3.8) is 0 Å². The number of nitrogens with one attached hydrogen (secondary N) is 1. The largest absolute Gasteiger partial charge is 0.353 e. The second-order valence-corrected chi connectivity index (χ2v) is 11.2. The molecule has 4 rings (SSSR count). The second kappa shape index (κ2) is 7.33. The van der Waals surface area contributed by atoms with Gasteiger partial charge in [0.15, 0.2) is 0 Å². The van der Waals surface area contributed by atoms with Gasteiger partial charge in [0.05, 0.1) is 5.41 Å². The molecular formula is C26H41NO. The summed E-state index contributed by atoms with van der Waals surface area (Å²) in [6.45, 7) is 11.3. The smallest absolute Gasteiger partial charge is 0.226 e. The molecule has 4 unspecified atom stereocenters. The van der Waals surface area contributed by atoms with Crippen molar-refractivity contribution < 1.29 is 4.79 Å². The van der Waals surface area contributed by atoms with Crippen molar-refractivity contribution in [1.82, 2.24) is 5.32 Å². The fourth-order valence-electron chi connectivity index (χ4n) is 7.48. The first-order chi connectivity index (χ1) is 13.3. The summed E-state index contributed by atoms with van der Waals surface area (Å²) in [6.07, 6.45) is 19.3. The van der Waals surface area contributed by atoms with Crippen LogP contribution in [0.5, 0.6) is 0 Å². The van der Waals surface area contributed by atoms with E-state index >= 15 is 0 Å². The van der Waals surface area contributed by atoms with E-state index in [1.54, 1.807) is 5.57 Å². The third kappa shape index (κ3) is 3.29. The highest BCUT2D eigenvalue weighted by Gasteiger charge is 2.57. The summed E-state index contributed by atoms with van der Waals surface area (Å²) in [5, 5.41) is 3.50. The molecule has 0 radical (unpaired) electrons. The van der Waals surface area contributed by atoms with Gasteiger partial charge in [-0.2, -0.15) is 0 Å².